The van der Waals surface area contributed by atoms with Gasteiger partial charge >= 0.3 is 5.51 Å². The molecule has 3 aromatic rings. The van der Waals surface area contributed by atoms with Crippen LogP contribution < -0.4 is 10.6 Å². The molecule has 1 aromatic carbocycles. The van der Waals surface area contributed by atoms with Crippen molar-refractivity contribution in [3.63, 3.8) is 0 Å². The highest BCUT2D eigenvalue weighted by Crippen LogP contribution is 2.51. The number of piperidine rings is 2. The molecule has 0 radical (unpaired) electrons. The minimum atomic E-state index is -4.53. The minimum Gasteiger partial charge on any atom is -0.378 e. The summed E-state index contributed by atoms with van der Waals surface area (Å²) >= 11 is 0.904. The molecule has 0 aliphatic carbocycles. The van der Waals surface area contributed by atoms with E-state index in [1.165, 1.54) is 0 Å². The van der Waals surface area contributed by atoms with Crippen LogP contribution in [0.3, 0.4) is 0 Å². The number of aromatic nitrogens is 2. The highest BCUT2D eigenvalue weighted by atomic mass is 32.2. The summed E-state index contributed by atoms with van der Waals surface area (Å²) in [5, 5.41) is 10.5. The lowest BCUT2D eigenvalue weighted by Crippen LogP contribution is -2.53. The van der Waals surface area contributed by atoms with Crippen molar-refractivity contribution >= 4 is 44.8 Å². The Morgan fingerprint density at radius 2 is 2.11 bits per heavy atom. The number of rotatable bonds is 5. The van der Waals surface area contributed by atoms with Gasteiger partial charge in [-0.05, 0) is 57.0 Å². The van der Waals surface area contributed by atoms with E-state index in [1.807, 2.05) is 7.05 Å². The number of fused-ring (bicyclic) bond motifs is 3. The van der Waals surface area contributed by atoms with E-state index in [4.69, 9.17) is 4.52 Å². The van der Waals surface area contributed by atoms with Gasteiger partial charge < -0.3 is 15.2 Å². The van der Waals surface area contributed by atoms with Gasteiger partial charge in [0.15, 0.2) is 0 Å². The van der Waals surface area contributed by atoms with Crippen LogP contribution >= 0.6 is 23.1 Å². The van der Waals surface area contributed by atoms with E-state index in [1.54, 1.807) is 18.2 Å². The minimum absolute atomic E-state index is 0.0172. The number of hydrogen-bond donors (Lipinski definition) is 2. The van der Waals surface area contributed by atoms with Crippen molar-refractivity contribution in [2.24, 2.45) is 0 Å². The van der Waals surface area contributed by atoms with E-state index in [-0.39, 0.29) is 45.2 Å². The number of benzene rings is 1. The fourth-order valence-corrected chi connectivity index (χ4v) is 7.88. The van der Waals surface area contributed by atoms with Crippen LogP contribution in [0.2, 0.25) is 0 Å². The Morgan fingerprint density at radius 1 is 1.27 bits per heavy atom. The van der Waals surface area contributed by atoms with E-state index >= 15 is 4.39 Å². The lowest BCUT2D eigenvalue weighted by Gasteiger charge is -2.39. The quantitative estimate of drug-likeness (QED) is 0.300. The molecule has 7 nitrogen and oxygen atoms in total. The summed E-state index contributed by atoms with van der Waals surface area (Å²) in [6, 6.07) is 4.34. The molecule has 2 aromatic heterocycles. The predicted octanol–water partition coefficient (Wildman–Crippen LogP) is 5.89. The van der Waals surface area contributed by atoms with Gasteiger partial charge in [0.1, 0.15) is 12.2 Å². The van der Waals surface area contributed by atoms with Crippen LogP contribution in [0.25, 0.3) is 20.8 Å². The lowest BCUT2D eigenvalue weighted by molar-refractivity contribution is -0.123. The Hall–Kier alpha value is -2.38. The summed E-state index contributed by atoms with van der Waals surface area (Å²) in [7, 11) is 1.95. The van der Waals surface area contributed by atoms with Gasteiger partial charge in [-0.3, -0.25) is 9.69 Å². The number of thioether (sulfide) groups is 1. The number of carbonyl (C=O) groups excluding carboxylic acids is 1. The van der Waals surface area contributed by atoms with E-state index < -0.39 is 23.8 Å². The van der Waals surface area contributed by atoms with Crippen molar-refractivity contribution in [1.82, 2.24) is 20.4 Å². The van der Waals surface area contributed by atoms with Gasteiger partial charge in [-0.15, -0.1) is 11.3 Å². The maximum atomic E-state index is 15.3. The molecule has 3 fully saturated rings. The van der Waals surface area contributed by atoms with Crippen molar-refractivity contribution < 1.29 is 26.9 Å². The average molecular weight is 556 g/mol. The number of nitrogens with zero attached hydrogens (tertiary/aromatic N) is 3. The number of hydrogen-bond acceptors (Lipinski definition) is 8. The van der Waals surface area contributed by atoms with Gasteiger partial charge in [-0.1, -0.05) is 17.3 Å². The topological polar surface area (TPSA) is 83.3 Å². The third-order valence-electron chi connectivity index (χ3n) is 7.58. The molecule has 2 bridgehead atoms. The van der Waals surface area contributed by atoms with Crippen LogP contribution in [0.4, 0.5) is 23.2 Å². The second-order valence-corrected chi connectivity index (χ2v) is 11.9. The normalized spacial score (nSPS) is 28.6. The highest BCUT2D eigenvalue weighted by Gasteiger charge is 2.46. The Bertz CT molecular complexity index is 1330. The van der Waals surface area contributed by atoms with Crippen molar-refractivity contribution in [2.75, 3.05) is 12.4 Å². The van der Waals surface area contributed by atoms with Gasteiger partial charge in [0, 0.05) is 28.8 Å². The first-order chi connectivity index (χ1) is 17.7. The molecule has 198 valence electrons. The lowest BCUT2D eigenvalue weighted by atomic mass is 9.95. The van der Waals surface area contributed by atoms with E-state index in [0.29, 0.717) is 47.5 Å². The number of halogens is 4. The summed E-state index contributed by atoms with van der Waals surface area (Å²) in [5.74, 6) is 0.0775. The van der Waals surface area contributed by atoms with Crippen molar-refractivity contribution in [3.05, 3.63) is 24.1 Å². The zero-order valence-electron chi connectivity index (χ0n) is 19.8. The number of alkyl halides is 4. The molecule has 1 amide bonds. The molecule has 3 aliphatic heterocycles. The zero-order valence-corrected chi connectivity index (χ0v) is 21.5. The second kappa shape index (κ2) is 9.42. The predicted molar refractivity (Wildman–Crippen MR) is 133 cm³/mol. The number of amides is 1. The first-order valence-electron chi connectivity index (χ1n) is 12.2. The standard InChI is InChI=1S/C24H25F4N5O2S2/c1-33-11-8-9-16(33)18(25)15(10-11)29-13-5-2-4-12-19(13)36-21(20(12)37-24(26,27)28)22-31-23(35-32-22)14-6-3-7-17(34)30-14/h2,4-5,11,14-16,18,29H,3,6-10H2,1H3,(H,30,34)/t11-,14-,15-,16+,18-/m1/s1. The molecule has 2 N–H and O–H groups in total. The molecule has 3 aliphatic rings. The van der Waals surface area contributed by atoms with Crippen molar-refractivity contribution in [3.8, 4) is 10.7 Å². The first kappa shape index (κ1) is 24.9. The molecule has 5 heterocycles. The van der Waals surface area contributed by atoms with E-state index in [0.717, 1.165) is 24.2 Å². The fraction of sp³-hybridized carbons (Fsp3) is 0.542. The van der Waals surface area contributed by atoms with Gasteiger partial charge in [0.25, 0.3) is 0 Å². The largest absolute Gasteiger partial charge is 0.446 e. The van der Waals surface area contributed by atoms with Gasteiger partial charge in [0.05, 0.1) is 21.3 Å². The molecular weight excluding hydrogens is 530 g/mol. The third-order valence-corrected chi connectivity index (χ3v) is 9.80. The van der Waals surface area contributed by atoms with Gasteiger partial charge in [0.2, 0.25) is 17.6 Å². The molecule has 3 saturated heterocycles. The molecule has 0 saturated carbocycles. The maximum absolute atomic E-state index is 15.3. The van der Waals surface area contributed by atoms with Gasteiger partial charge in [-0.2, -0.15) is 18.2 Å². The summed E-state index contributed by atoms with van der Waals surface area (Å²) in [5.41, 5.74) is -3.94. The summed E-state index contributed by atoms with van der Waals surface area (Å²) in [4.78, 5) is 18.5. The molecule has 13 heteroatoms. The smallest absolute Gasteiger partial charge is 0.378 e. The third kappa shape index (κ3) is 4.69. The number of thiophene rings is 1. The first-order valence-corrected chi connectivity index (χ1v) is 13.9. The molecule has 0 unspecified atom stereocenters. The Kier molecular flexibility index (Phi) is 6.35. The fourth-order valence-electron chi connectivity index (χ4n) is 5.77. The SMILES string of the molecule is CN1[C@@H]2CC[C@H]1[C@H](F)[C@H](Nc1cccc3c(SC(F)(F)F)c(-c4noc([C@H]5CCCC(=O)N5)n4)sc13)C2. The van der Waals surface area contributed by atoms with Crippen LogP contribution in [0, 0.1) is 0 Å². The second-order valence-electron chi connectivity index (χ2n) is 9.85. The Morgan fingerprint density at radius 3 is 2.89 bits per heavy atom. The van der Waals surface area contributed by atoms with Crippen LogP contribution in [-0.4, -0.2) is 57.8 Å². The van der Waals surface area contributed by atoms with Crippen LogP contribution in [-0.2, 0) is 4.79 Å². The number of carbonyl (C=O) groups is 1. The molecule has 6 rings (SSSR count). The van der Waals surface area contributed by atoms with Gasteiger partial charge in [-0.25, -0.2) is 4.39 Å². The average Bonchev–Trinajstić information content (AvgIpc) is 3.53. The molecule has 5 atom stereocenters. The summed E-state index contributed by atoms with van der Waals surface area (Å²) < 4.78 is 62.2. The molecular formula is C24H25F4N5O2S2. The Balaban J connectivity index is 1.37. The van der Waals surface area contributed by atoms with Crippen LogP contribution in [0.5, 0.6) is 0 Å². The highest BCUT2D eigenvalue weighted by molar-refractivity contribution is 8.00. The Labute approximate surface area is 218 Å². The summed E-state index contributed by atoms with van der Waals surface area (Å²) in [6.45, 7) is 0. The van der Waals surface area contributed by atoms with E-state index in [9.17, 15) is 18.0 Å². The van der Waals surface area contributed by atoms with Crippen molar-refractivity contribution in [1.29, 1.82) is 0 Å². The number of nitrogens with one attached hydrogen (secondary N) is 2. The maximum Gasteiger partial charge on any atom is 0.446 e. The monoisotopic (exact) mass is 555 g/mol. The molecule has 37 heavy (non-hydrogen) atoms. The van der Waals surface area contributed by atoms with E-state index in [2.05, 4.69) is 25.7 Å². The zero-order chi connectivity index (χ0) is 25.9. The van der Waals surface area contributed by atoms with Crippen LogP contribution in [0.15, 0.2) is 27.6 Å². The van der Waals surface area contributed by atoms with Crippen molar-refractivity contribution in [2.45, 2.75) is 79.3 Å². The molecule has 0 spiro atoms. The number of anilines is 1. The van der Waals surface area contributed by atoms with Crippen LogP contribution in [0.1, 0.15) is 50.5 Å². The summed E-state index contributed by atoms with van der Waals surface area (Å²) in [6.07, 6.45) is 3.00.